The summed E-state index contributed by atoms with van der Waals surface area (Å²) in [4.78, 5) is 8.69. The molecule has 6 heteroatoms. The van der Waals surface area contributed by atoms with E-state index in [2.05, 4.69) is 20.2 Å². The molecule has 2 heterocycles. The van der Waals surface area contributed by atoms with Crippen molar-refractivity contribution < 1.29 is 0 Å². The van der Waals surface area contributed by atoms with E-state index in [1.807, 2.05) is 30.3 Å². The van der Waals surface area contributed by atoms with E-state index >= 15 is 0 Å². The fraction of sp³-hybridized carbons (Fsp3) is 0.154. The number of aromatic nitrogens is 4. The molecule has 0 saturated carbocycles. The van der Waals surface area contributed by atoms with E-state index < -0.39 is 0 Å². The van der Waals surface area contributed by atoms with Crippen LogP contribution in [-0.2, 0) is 0 Å². The predicted octanol–water partition coefficient (Wildman–Crippen LogP) is 0.924. The van der Waals surface area contributed by atoms with Crippen molar-refractivity contribution in [2.24, 2.45) is 11.5 Å². The van der Waals surface area contributed by atoms with Gasteiger partial charge in [-0.15, -0.1) is 0 Å². The van der Waals surface area contributed by atoms with Gasteiger partial charge in [0, 0.05) is 18.7 Å². The monoisotopic (exact) mass is 256 g/mol. The third-order valence-corrected chi connectivity index (χ3v) is 2.39. The highest BCUT2D eigenvalue weighted by molar-refractivity contribution is 5.72. The molecule has 0 unspecified atom stereocenters. The summed E-state index contributed by atoms with van der Waals surface area (Å²) in [6.07, 6.45) is 3.42. The minimum Gasteiger partial charge on any atom is -0.329 e. The van der Waals surface area contributed by atoms with Gasteiger partial charge in [-0.3, -0.25) is 5.10 Å². The first-order valence-electron chi connectivity index (χ1n) is 5.97. The Balaban J connectivity index is 0.000000297. The molecule has 98 valence electrons. The van der Waals surface area contributed by atoms with Gasteiger partial charge in [-0.25, -0.2) is 9.97 Å². The fourth-order valence-electron chi connectivity index (χ4n) is 1.48. The summed E-state index contributed by atoms with van der Waals surface area (Å²) < 4.78 is 0. The van der Waals surface area contributed by atoms with Crippen molar-refractivity contribution in [3.8, 4) is 11.3 Å². The van der Waals surface area contributed by atoms with Crippen LogP contribution in [0.2, 0.25) is 0 Å². The Bertz CT molecular complexity index is 617. The summed E-state index contributed by atoms with van der Waals surface area (Å²) in [6.45, 7) is 1.19. The lowest BCUT2D eigenvalue weighted by Gasteiger charge is -1.98. The molecule has 2 aromatic heterocycles. The average Bonchev–Trinajstić information content (AvgIpc) is 2.96. The summed E-state index contributed by atoms with van der Waals surface area (Å²) in [7, 11) is 0. The van der Waals surface area contributed by atoms with E-state index in [0.29, 0.717) is 13.1 Å². The molecule has 0 atom stereocenters. The quantitative estimate of drug-likeness (QED) is 0.632. The molecule has 0 aliphatic rings. The number of nitrogens with one attached hydrogen (secondary N) is 1. The van der Waals surface area contributed by atoms with E-state index in [-0.39, 0.29) is 0 Å². The van der Waals surface area contributed by atoms with E-state index in [0.717, 1.165) is 22.4 Å². The molecule has 6 nitrogen and oxygen atoms in total. The topological polar surface area (TPSA) is 106 Å². The highest BCUT2D eigenvalue weighted by Crippen LogP contribution is 2.17. The number of rotatable bonds is 2. The third kappa shape index (κ3) is 3.34. The van der Waals surface area contributed by atoms with Gasteiger partial charge in [-0.05, 0) is 0 Å². The van der Waals surface area contributed by atoms with Gasteiger partial charge in [0.1, 0.15) is 5.52 Å². The van der Waals surface area contributed by atoms with Crippen molar-refractivity contribution in [1.29, 1.82) is 0 Å². The van der Waals surface area contributed by atoms with Crippen molar-refractivity contribution in [1.82, 2.24) is 20.2 Å². The van der Waals surface area contributed by atoms with Gasteiger partial charge in [0.05, 0.1) is 18.1 Å². The number of fused-ring (bicyclic) bond motifs is 1. The molecular formula is C13H16N6. The highest BCUT2D eigenvalue weighted by Gasteiger charge is 2.02. The Morgan fingerprint density at radius 2 is 1.74 bits per heavy atom. The number of hydrogen-bond acceptors (Lipinski definition) is 5. The van der Waals surface area contributed by atoms with Crippen LogP contribution in [-0.4, -0.2) is 33.3 Å². The van der Waals surface area contributed by atoms with Crippen molar-refractivity contribution >= 4 is 11.2 Å². The minimum absolute atomic E-state index is 0.597. The summed E-state index contributed by atoms with van der Waals surface area (Å²) in [5, 5.41) is 6.66. The van der Waals surface area contributed by atoms with Crippen LogP contribution in [0.15, 0.2) is 42.7 Å². The number of benzene rings is 1. The molecule has 19 heavy (non-hydrogen) atoms. The van der Waals surface area contributed by atoms with Crippen LogP contribution in [0, 0.1) is 0 Å². The van der Waals surface area contributed by atoms with Gasteiger partial charge in [0.2, 0.25) is 0 Å². The van der Waals surface area contributed by atoms with Gasteiger partial charge in [0.15, 0.2) is 5.65 Å². The van der Waals surface area contributed by atoms with Crippen LogP contribution < -0.4 is 11.5 Å². The number of hydrogen-bond donors (Lipinski definition) is 3. The average molecular weight is 256 g/mol. The molecule has 3 aromatic rings. The Morgan fingerprint density at radius 1 is 1.00 bits per heavy atom. The molecule has 1 aromatic carbocycles. The molecule has 3 rings (SSSR count). The Labute approximate surface area is 110 Å². The van der Waals surface area contributed by atoms with Gasteiger partial charge < -0.3 is 11.5 Å². The first-order chi connectivity index (χ1) is 9.35. The van der Waals surface area contributed by atoms with Crippen LogP contribution >= 0.6 is 0 Å². The second-order valence-corrected chi connectivity index (χ2v) is 3.80. The van der Waals surface area contributed by atoms with Crippen molar-refractivity contribution in [3.63, 3.8) is 0 Å². The fourth-order valence-corrected chi connectivity index (χ4v) is 1.48. The lowest BCUT2D eigenvalue weighted by atomic mass is 10.2. The van der Waals surface area contributed by atoms with Gasteiger partial charge in [-0.1, -0.05) is 30.3 Å². The van der Waals surface area contributed by atoms with Crippen molar-refractivity contribution in [3.05, 3.63) is 42.7 Å². The van der Waals surface area contributed by atoms with Gasteiger partial charge in [0.25, 0.3) is 0 Å². The van der Waals surface area contributed by atoms with E-state index in [4.69, 9.17) is 11.5 Å². The lowest BCUT2D eigenvalue weighted by molar-refractivity contribution is 0.976. The van der Waals surface area contributed by atoms with Crippen LogP contribution in [0.5, 0.6) is 0 Å². The van der Waals surface area contributed by atoms with Crippen molar-refractivity contribution in [2.45, 2.75) is 0 Å². The first kappa shape index (κ1) is 13.1. The Morgan fingerprint density at radius 3 is 2.42 bits per heavy atom. The third-order valence-electron chi connectivity index (χ3n) is 2.39. The smallest absolute Gasteiger partial charge is 0.174 e. The maximum Gasteiger partial charge on any atom is 0.174 e. The zero-order chi connectivity index (χ0) is 13.5. The molecule has 0 amide bonds. The largest absolute Gasteiger partial charge is 0.329 e. The number of aromatic amines is 1. The SMILES string of the molecule is NCCN.c1ccc(-c2cnc3[nH]ncc3n2)cc1. The lowest BCUT2D eigenvalue weighted by Crippen LogP contribution is -2.11. The summed E-state index contributed by atoms with van der Waals surface area (Å²) >= 11 is 0. The first-order valence-corrected chi connectivity index (χ1v) is 5.97. The van der Waals surface area contributed by atoms with E-state index in [1.165, 1.54) is 0 Å². The molecule has 5 N–H and O–H groups in total. The number of nitrogens with zero attached hydrogens (tertiary/aromatic N) is 3. The van der Waals surface area contributed by atoms with Crippen LogP contribution in [0.3, 0.4) is 0 Å². The minimum atomic E-state index is 0.597. The van der Waals surface area contributed by atoms with Crippen LogP contribution in [0.25, 0.3) is 22.4 Å². The normalized spacial score (nSPS) is 10.0. The number of H-pyrrole nitrogens is 1. The molecule has 0 radical (unpaired) electrons. The zero-order valence-corrected chi connectivity index (χ0v) is 10.5. The molecule has 0 saturated heterocycles. The summed E-state index contributed by atoms with van der Waals surface area (Å²) in [5.74, 6) is 0. The Hall–Kier alpha value is -2.31. The predicted molar refractivity (Wildman–Crippen MR) is 75.2 cm³/mol. The zero-order valence-electron chi connectivity index (χ0n) is 10.5. The molecule has 0 fully saturated rings. The molecule has 0 spiro atoms. The van der Waals surface area contributed by atoms with E-state index in [9.17, 15) is 0 Å². The maximum absolute atomic E-state index is 4.90. The summed E-state index contributed by atoms with van der Waals surface area (Å²) in [6, 6.07) is 9.96. The van der Waals surface area contributed by atoms with E-state index in [1.54, 1.807) is 12.4 Å². The second-order valence-electron chi connectivity index (χ2n) is 3.80. The molecule has 0 aliphatic carbocycles. The standard InChI is InChI=1S/C11H8N4.C2H8N2/c1-2-4-8(5-3-1)9-6-12-11-10(14-9)7-13-15-11;3-1-2-4/h1-7H,(H,12,13,15);1-4H2. The Kier molecular flexibility index (Phi) is 4.54. The van der Waals surface area contributed by atoms with Gasteiger partial charge in [-0.2, -0.15) is 5.10 Å². The maximum atomic E-state index is 4.90. The van der Waals surface area contributed by atoms with Crippen LogP contribution in [0.4, 0.5) is 0 Å². The van der Waals surface area contributed by atoms with Gasteiger partial charge >= 0.3 is 0 Å². The molecular weight excluding hydrogens is 240 g/mol. The number of nitrogens with two attached hydrogens (primary N) is 2. The second kappa shape index (κ2) is 6.58. The molecule has 0 bridgehead atoms. The van der Waals surface area contributed by atoms with Crippen LogP contribution in [0.1, 0.15) is 0 Å². The molecule has 0 aliphatic heterocycles. The van der Waals surface area contributed by atoms with Crippen molar-refractivity contribution in [2.75, 3.05) is 13.1 Å². The summed E-state index contributed by atoms with van der Waals surface area (Å²) in [5.41, 5.74) is 13.2. The highest BCUT2D eigenvalue weighted by atomic mass is 15.1.